The summed E-state index contributed by atoms with van der Waals surface area (Å²) < 4.78 is 11.2. The molecular weight excluding hydrogens is 498 g/mol. The molecule has 2 atom stereocenters. The number of benzene rings is 2. The summed E-state index contributed by atoms with van der Waals surface area (Å²) in [5, 5.41) is 0.473. The Balaban J connectivity index is 1.53. The quantitative estimate of drug-likeness (QED) is 0.415. The van der Waals surface area contributed by atoms with Crippen LogP contribution < -0.4 is 10.5 Å². The molecule has 200 valence electrons. The number of hydrogen-bond acceptors (Lipinski definition) is 7. The summed E-state index contributed by atoms with van der Waals surface area (Å²) in [6.45, 7) is 9.50. The Hall–Kier alpha value is -3.36. The van der Waals surface area contributed by atoms with Crippen LogP contribution in [0.1, 0.15) is 82.1 Å². The smallest absolute Gasteiger partial charge is 0.341 e. The zero-order chi connectivity index (χ0) is 27.2. The van der Waals surface area contributed by atoms with Crippen LogP contribution in [-0.4, -0.2) is 47.5 Å². The minimum atomic E-state index is -0.618. The lowest BCUT2D eigenvalue weighted by Gasteiger charge is -2.41. The molecule has 5 rings (SSSR count). The third-order valence-electron chi connectivity index (χ3n) is 7.36. The van der Waals surface area contributed by atoms with Gasteiger partial charge in [-0.2, -0.15) is 0 Å². The number of ether oxygens (including phenoxy) is 2. The largest absolute Gasteiger partial charge is 0.496 e. The van der Waals surface area contributed by atoms with Gasteiger partial charge in [-0.15, -0.1) is 11.3 Å². The van der Waals surface area contributed by atoms with Crippen LogP contribution in [0.4, 0.5) is 5.00 Å². The molecule has 2 aliphatic rings. The van der Waals surface area contributed by atoms with Gasteiger partial charge in [0, 0.05) is 30.6 Å². The second-order valence-corrected chi connectivity index (χ2v) is 12.0. The number of esters is 1. The van der Waals surface area contributed by atoms with E-state index < -0.39 is 5.60 Å². The van der Waals surface area contributed by atoms with Gasteiger partial charge in [-0.05, 0) is 56.9 Å². The highest BCUT2D eigenvalue weighted by Gasteiger charge is 2.40. The SMILES string of the molecule is COc1cccc2c1C(=O)N(C[C@H]1c3sc(N)c(C(=O)OC(C)(C)C)c3CCN1[C@@H](C)c1ccccc1)C2. The zero-order valence-electron chi connectivity index (χ0n) is 22.6. The van der Waals surface area contributed by atoms with Gasteiger partial charge in [-0.25, -0.2) is 4.79 Å². The highest BCUT2D eigenvalue weighted by Crippen LogP contribution is 2.45. The Labute approximate surface area is 228 Å². The third-order valence-corrected chi connectivity index (χ3v) is 8.52. The first kappa shape index (κ1) is 26.3. The summed E-state index contributed by atoms with van der Waals surface area (Å²) in [6.07, 6.45) is 0.688. The first-order valence-corrected chi connectivity index (χ1v) is 13.8. The molecule has 0 radical (unpaired) electrons. The first-order valence-electron chi connectivity index (χ1n) is 13.0. The van der Waals surface area contributed by atoms with Crippen molar-refractivity contribution in [3.8, 4) is 5.75 Å². The molecule has 8 heteroatoms. The monoisotopic (exact) mass is 533 g/mol. The average molecular weight is 534 g/mol. The molecule has 1 amide bonds. The van der Waals surface area contributed by atoms with Gasteiger partial charge >= 0.3 is 5.97 Å². The molecule has 0 spiro atoms. The van der Waals surface area contributed by atoms with E-state index in [2.05, 4.69) is 24.0 Å². The number of rotatable bonds is 6. The highest BCUT2D eigenvalue weighted by molar-refractivity contribution is 7.16. The standard InChI is InChI=1S/C30H35N3O4S/c1-18(19-10-7-6-8-11-19)33-15-14-21-25(29(35)37-30(2,3)4)27(31)38-26(21)22(33)17-32-16-20-12-9-13-23(36-5)24(20)28(32)34/h6-13,18,22H,14-17,31H2,1-5H3/t18-,22-/m0/s1. The number of anilines is 1. The van der Waals surface area contributed by atoms with Crippen molar-refractivity contribution in [2.75, 3.05) is 25.9 Å². The molecule has 0 saturated carbocycles. The van der Waals surface area contributed by atoms with E-state index in [-0.39, 0.29) is 24.0 Å². The predicted octanol–water partition coefficient (Wildman–Crippen LogP) is 5.61. The Morgan fingerprint density at radius 3 is 2.58 bits per heavy atom. The van der Waals surface area contributed by atoms with Crippen LogP contribution in [0.15, 0.2) is 48.5 Å². The number of carbonyl (C=O) groups excluding carboxylic acids is 2. The van der Waals surface area contributed by atoms with Crippen molar-refractivity contribution in [3.05, 3.63) is 81.2 Å². The van der Waals surface area contributed by atoms with E-state index in [1.807, 2.05) is 62.1 Å². The lowest BCUT2D eigenvalue weighted by atomic mass is 9.93. The van der Waals surface area contributed by atoms with E-state index in [1.54, 1.807) is 7.11 Å². The predicted molar refractivity (Wildman–Crippen MR) is 150 cm³/mol. The van der Waals surface area contributed by atoms with Gasteiger partial charge in [-0.3, -0.25) is 9.69 Å². The van der Waals surface area contributed by atoms with Crippen molar-refractivity contribution in [1.82, 2.24) is 9.80 Å². The van der Waals surface area contributed by atoms with Crippen molar-refractivity contribution in [2.45, 2.75) is 58.3 Å². The van der Waals surface area contributed by atoms with E-state index >= 15 is 0 Å². The lowest BCUT2D eigenvalue weighted by Crippen LogP contribution is -2.43. The Morgan fingerprint density at radius 1 is 1.16 bits per heavy atom. The molecule has 2 aliphatic heterocycles. The van der Waals surface area contributed by atoms with Crippen molar-refractivity contribution >= 4 is 28.2 Å². The van der Waals surface area contributed by atoms with Crippen molar-refractivity contribution in [3.63, 3.8) is 0 Å². The number of hydrogen-bond donors (Lipinski definition) is 1. The Morgan fingerprint density at radius 2 is 1.89 bits per heavy atom. The number of thiophene rings is 1. The molecule has 38 heavy (non-hydrogen) atoms. The molecule has 2 aromatic carbocycles. The molecule has 3 aromatic rings. The molecule has 1 aromatic heterocycles. The highest BCUT2D eigenvalue weighted by atomic mass is 32.1. The molecule has 7 nitrogen and oxygen atoms in total. The number of nitrogens with two attached hydrogens (primary N) is 1. The van der Waals surface area contributed by atoms with Gasteiger partial charge in [0.1, 0.15) is 16.4 Å². The van der Waals surface area contributed by atoms with Crippen molar-refractivity contribution in [1.29, 1.82) is 0 Å². The topological polar surface area (TPSA) is 85.1 Å². The second kappa shape index (κ2) is 10.1. The molecule has 0 fully saturated rings. The maximum absolute atomic E-state index is 13.6. The van der Waals surface area contributed by atoms with Gasteiger partial charge in [0.15, 0.2) is 0 Å². The van der Waals surface area contributed by atoms with Gasteiger partial charge in [0.25, 0.3) is 5.91 Å². The fourth-order valence-corrected chi connectivity index (χ4v) is 6.83. The van der Waals surface area contributed by atoms with Crippen LogP contribution in [0.5, 0.6) is 5.75 Å². The summed E-state index contributed by atoms with van der Waals surface area (Å²) in [5.74, 6) is 0.181. The number of nitrogens with zero attached hydrogens (tertiary/aromatic N) is 2. The molecular formula is C30H35N3O4S. The minimum Gasteiger partial charge on any atom is -0.496 e. The summed E-state index contributed by atoms with van der Waals surface area (Å²) in [5.41, 5.74) is 10.1. The zero-order valence-corrected chi connectivity index (χ0v) is 23.4. The Bertz CT molecular complexity index is 1360. The van der Waals surface area contributed by atoms with Gasteiger partial charge < -0.3 is 20.1 Å². The first-order chi connectivity index (χ1) is 18.1. The molecule has 0 bridgehead atoms. The average Bonchev–Trinajstić information content (AvgIpc) is 3.39. The normalized spacial score (nSPS) is 18.2. The van der Waals surface area contributed by atoms with Crippen LogP contribution in [-0.2, 0) is 17.7 Å². The number of fused-ring (bicyclic) bond motifs is 2. The molecule has 0 unspecified atom stereocenters. The van der Waals surface area contributed by atoms with Crippen molar-refractivity contribution in [2.24, 2.45) is 0 Å². The van der Waals surface area contributed by atoms with Crippen molar-refractivity contribution < 1.29 is 19.1 Å². The van der Waals surface area contributed by atoms with Crippen LogP contribution >= 0.6 is 11.3 Å². The van der Waals surface area contributed by atoms with E-state index in [4.69, 9.17) is 15.2 Å². The summed E-state index contributed by atoms with van der Waals surface area (Å²) >= 11 is 1.44. The number of amides is 1. The van der Waals surface area contributed by atoms with Crippen LogP contribution in [0.2, 0.25) is 0 Å². The number of nitrogen functional groups attached to an aromatic ring is 1. The molecule has 0 saturated heterocycles. The summed E-state index contributed by atoms with van der Waals surface area (Å²) in [4.78, 5) is 32.1. The second-order valence-electron chi connectivity index (χ2n) is 11.0. The molecule has 2 N–H and O–H groups in total. The summed E-state index contributed by atoms with van der Waals surface area (Å²) in [6, 6.07) is 16.1. The van der Waals surface area contributed by atoms with E-state index in [1.165, 1.54) is 16.9 Å². The third kappa shape index (κ3) is 4.78. The lowest BCUT2D eigenvalue weighted by molar-refractivity contribution is 0.00683. The Kier molecular flexibility index (Phi) is 6.96. The van der Waals surface area contributed by atoms with Gasteiger partial charge in [-0.1, -0.05) is 42.5 Å². The van der Waals surface area contributed by atoms with Crippen LogP contribution in [0.3, 0.4) is 0 Å². The minimum absolute atomic E-state index is 0.0335. The van der Waals surface area contributed by atoms with E-state index in [9.17, 15) is 9.59 Å². The number of methoxy groups -OCH3 is 1. The maximum Gasteiger partial charge on any atom is 0.341 e. The fourth-order valence-electron chi connectivity index (χ4n) is 5.61. The summed E-state index contributed by atoms with van der Waals surface area (Å²) in [7, 11) is 1.59. The van der Waals surface area contributed by atoms with Crippen LogP contribution in [0.25, 0.3) is 0 Å². The molecule has 0 aliphatic carbocycles. The van der Waals surface area contributed by atoms with E-state index in [0.717, 1.165) is 22.5 Å². The van der Waals surface area contributed by atoms with Crippen LogP contribution in [0, 0.1) is 0 Å². The fraction of sp³-hybridized carbons (Fsp3) is 0.400. The van der Waals surface area contributed by atoms with Gasteiger partial charge in [0.2, 0.25) is 0 Å². The van der Waals surface area contributed by atoms with Gasteiger partial charge in [0.05, 0.1) is 24.3 Å². The molecule has 3 heterocycles. The van der Waals surface area contributed by atoms with E-state index in [0.29, 0.717) is 41.4 Å². The number of carbonyl (C=O) groups is 2. The maximum atomic E-state index is 13.6.